The molecule has 4 aromatic carbocycles. The lowest BCUT2D eigenvalue weighted by molar-refractivity contribution is -0.143. The molecule has 0 saturated carbocycles. The van der Waals surface area contributed by atoms with Crippen LogP contribution < -0.4 is 4.74 Å². The molecule has 1 atom stereocenters. The Morgan fingerprint density at radius 3 is 1.61 bits per heavy atom. The van der Waals surface area contributed by atoms with Crippen molar-refractivity contribution in [2.24, 2.45) is 0 Å². The number of hydrogen-bond donors (Lipinski definition) is 0. The van der Waals surface area contributed by atoms with Crippen molar-refractivity contribution in [2.45, 2.75) is 37.3 Å². The van der Waals surface area contributed by atoms with Gasteiger partial charge in [-0.1, -0.05) is 78.9 Å². The highest BCUT2D eigenvalue weighted by Gasteiger charge is 2.41. The Hall–Kier alpha value is -3.82. The number of halogens is 6. The highest BCUT2D eigenvalue weighted by Crippen LogP contribution is 2.42. The molecule has 5 rings (SSSR count). The van der Waals surface area contributed by atoms with Gasteiger partial charge in [0, 0.05) is 31.7 Å². The maximum Gasteiger partial charge on any atom is 0.416 e. The van der Waals surface area contributed by atoms with E-state index in [1.807, 2.05) is 49.4 Å². The van der Waals surface area contributed by atoms with Crippen LogP contribution in [0.1, 0.15) is 46.3 Å². The van der Waals surface area contributed by atoms with E-state index in [2.05, 4.69) is 34.1 Å². The molecule has 3 nitrogen and oxygen atoms in total. The standard InChI is InChI=1S/C35H34F6N2O/c1-33(30-15-9-10-16-31(30)44-2,24-25-21-28(34(36,37)38)23-29(22-25)35(39,40)41)43-19-17-42(18-20-43)32(26-11-5-3-6-12-26)27-13-7-4-8-14-27/h3-16,21-23,32H,17-20,24H2,1-2H3. The van der Waals surface area contributed by atoms with E-state index in [1.165, 1.54) is 7.11 Å². The van der Waals surface area contributed by atoms with Crippen LogP contribution in [0.3, 0.4) is 0 Å². The molecule has 0 N–H and O–H groups in total. The molecule has 0 aromatic heterocycles. The van der Waals surface area contributed by atoms with Crippen molar-refractivity contribution in [3.8, 4) is 5.75 Å². The average molecular weight is 613 g/mol. The predicted molar refractivity (Wildman–Crippen MR) is 158 cm³/mol. The lowest BCUT2D eigenvalue weighted by Crippen LogP contribution is -2.55. The quantitative estimate of drug-likeness (QED) is 0.185. The number of ether oxygens (including phenoxy) is 1. The molecule has 0 bridgehead atoms. The summed E-state index contributed by atoms with van der Waals surface area (Å²) in [6, 6.07) is 29.4. The van der Waals surface area contributed by atoms with Crippen molar-refractivity contribution in [1.82, 2.24) is 9.80 Å². The van der Waals surface area contributed by atoms with E-state index in [-0.39, 0.29) is 24.1 Å². The number of methoxy groups -OCH3 is 1. The van der Waals surface area contributed by atoms with Gasteiger partial charge in [0.1, 0.15) is 5.75 Å². The first-order chi connectivity index (χ1) is 20.9. The lowest BCUT2D eigenvalue weighted by Gasteiger charge is -2.48. The van der Waals surface area contributed by atoms with Crippen molar-refractivity contribution in [1.29, 1.82) is 0 Å². The highest BCUT2D eigenvalue weighted by atomic mass is 19.4. The van der Waals surface area contributed by atoms with E-state index in [4.69, 9.17) is 4.74 Å². The van der Waals surface area contributed by atoms with Crippen LogP contribution in [0.5, 0.6) is 5.75 Å². The smallest absolute Gasteiger partial charge is 0.416 e. The van der Waals surface area contributed by atoms with E-state index >= 15 is 0 Å². The minimum Gasteiger partial charge on any atom is -0.496 e. The molecular weight excluding hydrogens is 578 g/mol. The molecule has 1 aliphatic heterocycles. The summed E-state index contributed by atoms with van der Waals surface area (Å²) in [6.07, 6.45) is -9.93. The average Bonchev–Trinajstić information content (AvgIpc) is 3.01. The van der Waals surface area contributed by atoms with E-state index in [9.17, 15) is 26.3 Å². The highest BCUT2D eigenvalue weighted by molar-refractivity contribution is 5.42. The first-order valence-electron chi connectivity index (χ1n) is 14.4. The summed E-state index contributed by atoms with van der Waals surface area (Å²) in [6.45, 7) is 4.22. The molecule has 232 valence electrons. The normalized spacial score (nSPS) is 16.6. The Morgan fingerprint density at radius 2 is 1.14 bits per heavy atom. The maximum absolute atomic E-state index is 13.8. The van der Waals surface area contributed by atoms with Crippen molar-refractivity contribution < 1.29 is 31.1 Å². The van der Waals surface area contributed by atoms with Crippen LogP contribution >= 0.6 is 0 Å². The van der Waals surface area contributed by atoms with Crippen LogP contribution in [0.2, 0.25) is 0 Å². The topological polar surface area (TPSA) is 15.7 Å². The van der Waals surface area contributed by atoms with Gasteiger partial charge in [-0.3, -0.25) is 9.80 Å². The van der Waals surface area contributed by atoms with Crippen LogP contribution in [0.25, 0.3) is 0 Å². The van der Waals surface area contributed by atoms with Gasteiger partial charge in [0.05, 0.1) is 29.8 Å². The summed E-state index contributed by atoms with van der Waals surface area (Å²) in [7, 11) is 1.51. The molecular formula is C35H34F6N2O. The third-order valence-corrected chi connectivity index (χ3v) is 8.49. The van der Waals surface area contributed by atoms with Crippen molar-refractivity contribution in [2.75, 3.05) is 33.3 Å². The Labute approximate surface area is 253 Å². The molecule has 1 heterocycles. The van der Waals surface area contributed by atoms with Gasteiger partial charge in [0.25, 0.3) is 0 Å². The molecule has 1 fully saturated rings. The first-order valence-corrected chi connectivity index (χ1v) is 14.4. The van der Waals surface area contributed by atoms with Crippen LogP contribution in [-0.2, 0) is 24.3 Å². The third kappa shape index (κ3) is 6.79. The summed E-state index contributed by atoms with van der Waals surface area (Å²) in [5.74, 6) is 0.520. The number of para-hydroxylation sites is 1. The Kier molecular flexibility index (Phi) is 9.09. The SMILES string of the molecule is COc1ccccc1C(C)(Cc1cc(C(F)(F)F)cc(C(F)(F)F)c1)N1CCN(C(c2ccccc2)c2ccccc2)CC1. The van der Waals surface area contributed by atoms with Gasteiger partial charge in [0.15, 0.2) is 0 Å². The van der Waals surface area contributed by atoms with Crippen LogP contribution in [0.4, 0.5) is 26.3 Å². The largest absolute Gasteiger partial charge is 0.496 e. The monoisotopic (exact) mass is 612 g/mol. The van der Waals surface area contributed by atoms with Gasteiger partial charge >= 0.3 is 12.4 Å². The summed E-state index contributed by atoms with van der Waals surface area (Å²) < 4.78 is 88.2. The van der Waals surface area contributed by atoms with E-state index < -0.39 is 29.0 Å². The molecule has 1 saturated heterocycles. The van der Waals surface area contributed by atoms with E-state index in [1.54, 1.807) is 18.2 Å². The Balaban J connectivity index is 1.51. The molecule has 4 aromatic rings. The molecule has 0 radical (unpaired) electrons. The fourth-order valence-corrected chi connectivity index (χ4v) is 6.34. The third-order valence-electron chi connectivity index (χ3n) is 8.49. The van der Waals surface area contributed by atoms with Gasteiger partial charge in [-0.15, -0.1) is 0 Å². The molecule has 9 heteroatoms. The fraction of sp³-hybridized carbons (Fsp3) is 0.314. The number of nitrogens with zero attached hydrogens (tertiary/aromatic N) is 2. The van der Waals surface area contributed by atoms with Gasteiger partial charge < -0.3 is 4.74 Å². The van der Waals surface area contributed by atoms with E-state index in [0.29, 0.717) is 37.5 Å². The van der Waals surface area contributed by atoms with Gasteiger partial charge in [-0.05, 0) is 54.3 Å². The number of alkyl halides is 6. The molecule has 0 spiro atoms. The fourth-order valence-electron chi connectivity index (χ4n) is 6.34. The molecule has 1 unspecified atom stereocenters. The molecule has 0 amide bonds. The minimum atomic E-state index is -4.92. The molecule has 1 aliphatic rings. The number of benzene rings is 4. The first kappa shape index (κ1) is 31.6. The van der Waals surface area contributed by atoms with E-state index in [0.717, 1.165) is 23.3 Å². The summed E-state index contributed by atoms with van der Waals surface area (Å²) in [4.78, 5) is 4.53. The van der Waals surface area contributed by atoms with Crippen molar-refractivity contribution in [3.63, 3.8) is 0 Å². The van der Waals surface area contributed by atoms with Gasteiger partial charge in [-0.25, -0.2) is 0 Å². The predicted octanol–water partition coefficient (Wildman–Crippen LogP) is 8.60. The van der Waals surface area contributed by atoms with Crippen LogP contribution in [-0.4, -0.2) is 43.1 Å². The van der Waals surface area contributed by atoms with Crippen LogP contribution in [0.15, 0.2) is 103 Å². The molecule has 0 aliphatic carbocycles. The number of rotatable bonds is 8. The Bertz CT molecular complexity index is 1460. The van der Waals surface area contributed by atoms with Crippen molar-refractivity contribution >= 4 is 0 Å². The zero-order valence-corrected chi connectivity index (χ0v) is 24.5. The molecule has 44 heavy (non-hydrogen) atoms. The summed E-state index contributed by atoms with van der Waals surface area (Å²) in [5, 5.41) is 0. The lowest BCUT2D eigenvalue weighted by atomic mass is 9.81. The van der Waals surface area contributed by atoms with Gasteiger partial charge in [-0.2, -0.15) is 26.3 Å². The minimum absolute atomic E-state index is 0.00474. The van der Waals surface area contributed by atoms with Crippen LogP contribution in [0, 0.1) is 0 Å². The second-order valence-corrected chi connectivity index (χ2v) is 11.3. The maximum atomic E-state index is 13.8. The Morgan fingerprint density at radius 1 is 0.659 bits per heavy atom. The summed E-state index contributed by atoms with van der Waals surface area (Å²) in [5.41, 5.74) is -0.669. The van der Waals surface area contributed by atoms with Crippen molar-refractivity contribution in [3.05, 3.63) is 137 Å². The number of hydrogen-bond acceptors (Lipinski definition) is 3. The second-order valence-electron chi connectivity index (χ2n) is 11.3. The zero-order chi connectivity index (χ0) is 31.5. The zero-order valence-electron chi connectivity index (χ0n) is 24.5. The second kappa shape index (κ2) is 12.7. The van der Waals surface area contributed by atoms with Gasteiger partial charge in [0.2, 0.25) is 0 Å². The summed E-state index contributed by atoms with van der Waals surface area (Å²) >= 11 is 0. The number of piperazine rings is 1.